The molecule has 5 nitrogen and oxygen atoms in total. The van der Waals surface area contributed by atoms with E-state index in [1.807, 2.05) is 0 Å². The molecule has 0 aliphatic heterocycles. The number of fused-ring (bicyclic) bond motifs is 1. The van der Waals surface area contributed by atoms with Crippen molar-refractivity contribution in [2.75, 3.05) is 7.11 Å². The summed E-state index contributed by atoms with van der Waals surface area (Å²) in [5.74, 6) is 0.872. The Labute approximate surface area is 139 Å². The molecular formula is C15H10BrClN2O3. The SMILES string of the molecule is COc1ccc2c(c1)nc(-c1cc(Br)ccc1Cl)n2C(=O)O. The minimum atomic E-state index is -1.13. The van der Waals surface area contributed by atoms with E-state index in [0.717, 1.165) is 9.04 Å². The van der Waals surface area contributed by atoms with Crippen LogP contribution >= 0.6 is 27.5 Å². The van der Waals surface area contributed by atoms with Crippen molar-refractivity contribution in [3.8, 4) is 17.1 Å². The van der Waals surface area contributed by atoms with Gasteiger partial charge in [0, 0.05) is 16.1 Å². The van der Waals surface area contributed by atoms with Crippen LogP contribution in [0.5, 0.6) is 5.75 Å². The number of methoxy groups -OCH3 is 1. The molecule has 0 amide bonds. The Kier molecular flexibility index (Phi) is 3.80. The molecule has 1 aromatic heterocycles. The van der Waals surface area contributed by atoms with Crippen molar-refractivity contribution in [2.24, 2.45) is 0 Å². The predicted octanol–water partition coefficient (Wildman–Crippen LogP) is 4.65. The van der Waals surface area contributed by atoms with Crippen LogP contribution in [-0.4, -0.2) is 27.9 Å². The fourth-order valence-electron chi connectivity index (χ4n) is 2.23. The molecule has 0 aliphatic carbocycles. The number of rotatable bonds is 2. The van der Waals surface area contributed by atoms with Crippen LogP contribution in [0.4, 0.5) is 4.79 Å². The smallest absolute Gasteiger partial charge is 0.417 e. The summed E-state index contributed by atoms with van der Waals surface area (Å²) < 4.78 is 7.05. The second-order valence-corrected chi connectivity index (χ2v) is 5.86. The zero-order valence-electron chi connectivity index (χ0n) is 11.4. The Hall–Kier alpha value is -2.05. The number of imidazole rings is 1. The second kappa shape index (κ2) is 5.62. The zero-order valence-corrected chi connectivity index (χ0v) is 13.7. The first-order chi connectivity index (χ1) is 10.5. The number of ether oxygens (including phenoxy) is 1. The molecule has 0 atom stereocenters. The molecule has 0 fully saturated rings. The summed E-state index contributed by atoms with van der Waals surface area (Å²) in [6.45, 7) is 0. The van der Waals surface area contributed by atoms with E-state index >= 15 is 0 Å². The van der Waals surface area contributed by atoms with Crippen molar-refractivity contribution in [3.05, 3.63) is 45.9 Å². The van der Waals surface area contributed by atoms with Gasteiger partial charge in [0.05, 0.1) is 23.2 Å². The van der Waals surface area contributed by atoms with Gasteiger partial charge in [0.2, 0.25) is 0 Å². The van der Waals surface area contributed by atoms with Gasteiger partial charge < -0.3 is 9.84 Å². The number of hydrogen-bond acceptors (Lipinski definition) is 3. The van der Waals surface area contributed by atoms with E-state index in [2.05, 4.69) is 20.9 Å². The van der Waals surface area contributed by atoms with Crippen molar-refractivity contribution in [2.45, 2.75) is 0 Å². The molecule has 0 radical (unpaired) electrons. The highest BCUT2D eigenvalue weighted by atomic mass is 79.9. The molecule has 2 aromatic carbocycles. The minimum Gasteiger partial charge on any atom is -0.497 e. The van der Waals surface area contributed by atoms with Crippen molar-refractivity contribution in [1.29, 1.82) is 0 Å². The largest absolute Gasteiger partial charge is 0.497 e. The Morgan fingerprint density at radius 3 is 2.77 bits per heavy atom. The van der Waals surface area contributed by atoms with E-state index < -0.39 is 6.09 Å². The van der Waals surface area contributed by atoms with E-state index in [9.17, 15) is 9.90 Å². The van der Waals surface area contributed by atoms with Gasteiger partial charge in [-0.05, 0) is 30.3 Å². The molecule has 0 unspecified atom stereocenters. The molecule has 0 aliphatic rings. The summed E-state index contributed by atoms with van der Waals surface area (Å²) in [4.78, 5) is 16.1. The van der Waals surface area contributed by atoms with E-state index in [4.69, 9.17) is 16.3 Å². The number of benzene rings is 2. The Bertz CT molecular complexity index is 892. The maximum Gasteiger partial charge on any atom is 0.417 e. The third-order valence-corrected chi connectivity index (χ3v) is 4.05. The molecule has 22 heavy (non-hydrogen) atoms. The van der Waals surface area contributed by atoms with Crippen LogP contribution in [0, 0.1) is 0 Å². The first-order valence-corrected chi connectivity index (χ1v) is 7.43. The molecule has 0 bridgehead atoms. The third kappa shape index (κ3) is 2.44. The number of halogens is 2. The van der Waals surface area contributed by atoms with Crippen molar-refractivity contribution < 1.29 is 14.6 Å². The molecule has 0 spiro atoms. The van der Waals surface area contributed by atoms with Crippen LogP contribution in [-0.2, 0) is 0 Å². The van der Waals surface area contributed by atoms with Gasteiger partial charge in [-0.25, -0.2) is 14.3 Å². The van der Waals surface area contributed by atoms with Crippen molar-refractivity contribution >= 4 is 44.7 Å². The Balaban J connectivity index is 2.35. The normalized spacial score (nSPS) is 10.9. The van der Waals surface area contributed by atoms with Crippen LogP contribution in [0.3, 0.4) is 0 Å². The van der Waals surface area contributed by atoms with Crippen molar-refractivity contribution in [1.82, 2.24) is 9.55 Å². The highest BCUT2D eigenvalue weighted by Gasteiger charge is 2.20. The van der Waals surface area contributed by atoms with Crippen LogP contribution in [0.25, 0.3) is 22.4 Å². The van der Waals surface area contributed by atoms with Crippen LogP contribution in [0.1, 0.15) is 0 Å². The summed E-state index contributed by atoms with van der Waals surface area (Å²) in [5, 5.41) is 9.96. The van der Waals surface area contributed by atoms with E-state index in [0.29, 0.717) is 27.4 Å². The van der Waals surface area contributed by atoms with Gasteiger partial charge in [0.25, 0.3) is 0 Å². The minimum absolute atomic E-state index is 0.266. The van der Waals surface area contributed by atoms with E-state index in [1.54, 1.807) is 43.5 Å². The molecule has 1 heterocycles. The molecular weight excluding hydrogens is 372 g/mol. The lowest BCUT2D eigenvalue weighted by molar-refractivity contribution is 0.197. The maximum atomic E-state index is 11.7. The number of nitrogens with zero attached hydrogens (tertiary/aromatic N) is 2. The molecule has 0 saturated heterocycles. The van der Waals surface area contributed by atoms with Gasteiger partial charge in [-0.2, -0.15) is 0 Å². The lowest BCUT2D eigenvalue weighted by Gasteiger charge is -2.06. The average Bonchev–Trinajstić information content (AvgIpc) is 2.87. The number of carbonyl (C=O) groups is 1. The van der Waals surface area contributed by atoms with Gasteiger partial charge >= 0.3 is 6.09 Å². The van der Waals surface area contributed by atoms with E-state index in [-0.39, 0.29) is 5.82 Å². The van der Waals surface area contributed by atoms with Gasteiger partial charge in [-0.3, -0.25) is 0 Å². The Morgan fingerprint density at radius 1 is 1.32 bits per heavy atom. The average molecular weight is 382 g/mol. The van der Waals surface area contributed by atoms with Gasteiger partial charge in [0.1, 0.15) is 5.75 Å². The summed E-state index contributed by atoms with van der Waals surface area (Å²) in [5.41, 5.74) is 1.53. The topological polar surface area (TPSA) is 64.4 Å². The van der Waals surface area contributed by atoms with Crippen LogP contribution in [0.15, 0.2) is 40.9 Å². The molecule has 3 rings (SSSR count). The first kappa shape index (κ1) is 14.9. The number of carboxylic acid groups (broad SMARTS) is 1. The summed E-state index contributed by atoms with van der Waals surface area (Å²) in [6.07, 6.45) is -1.13. The molecule has 3 aromatic rings. The first-order valence-electron chi connectivity index (χ1n) is 6.26. The Morgan fingerprint density at radius 2 is 2.09 bits per heavy atom. The quantitative estimate of drug-likeness (QED) is 0.701. The van der Waals surface area contributed by atoms with Crippen LogP contribution < -0.4 is 4.74 Å². The zero-order chi connectivity index (χ0) is 15.9. The third-order valence-electron chi connectivity index (χ3n) is 3.22. The second-order valence-electron chi connectivity index (χ2n) is 4.53. The predicted molar refractivity (Wildman–Crippen MR) is 87.9 cm³/mol. The number of aromatic nitrogens is 2. The molecule has 0 saturated carbocycles. The maximum absolute atomic E-state index is 11.7. The highest BCUT2D eigenvalue weighted by Crippen LogP contribution is 2.33. The monoisotopic (exact) mass is 380 g/mol. The lowest BCUT2D eigenvalue weighted by Crippen LogP contribution is -2.09. The summed E-state index contributed by atoms with van der Waals surface area (Å²) in [6, 6.07) is 10.2. The highest BCUT2D eigenvalue weighted by molar-refractivity contribution is 9.10. The summed E-state index contributed by atoms with van der Waals surface area (Å²) >= 11 is 9.56. The fourth-order valence-corrected chi connectivity index (χ4v) is 2.79. The van der Waals surface area contributed by atoms with E-state index in [1.165, 1.54) is 0 Å². The molecule has 7 heteroatoms. The van der Waals surface area contributed by atoms with Gasteiger partial charge in [-0.1, -0.05) is 27.5 Å². The number of hydrogen-bond donors (Lipinski definition) is 1. The summed E-state index contributed by atoms with van der Waals surface area (Å²) in [7, 11) is 1.54. The van der Waals surface area contributed by atoms with Crippen LogP contribution in [0.2, 0.25) is 5.02 Å². The molecule has 1 N–H and O–H groups in total. The van der Waals surface area contributed by atoms with Crippen molar-refractivity contribution in [3.63, 3.8) is 0 Å². The van der Waals surface area contributed by atoms with Gasteiger partial charge in [-0.15, -0.1) is 0 Å². The molecule has 112 valence electrons. The van der Waals surface area contributed by atoms with Gasteiger partial charge in [0.15, 0.2) is 5.82 Å². The fraction of sp³-hybridized carbons (Fsp3) is 0.0667. The standard InChI is InChI=1S/C15H10BrClN2O3/c1-22-9-3-5-13-12(7-9)18-14(19(13)15(20)21)10-6-8(16)2-4-11(10)17/h2-7H,1H3,(H,20,21). The lowest BCUT2D eigenvalue weighted by atomic mass is 10.2.